The topological polar surface area (TPSA) is 79.5 Å². The number of urea groups is 1. The lowest BCUT2D eigenvalue weighted by atomic mass is 10.2. The third kappa shape index (κ3) is 5.11. The predicted molar refractivity (Wildman–Crippen MR) is 102 cm³/mol. The quantitative estimate of drug-likeness (QED) is 0.695. The maximum atomic E-state index is 12.1. The van der Waals surface area contributed by atoms with E-state index in [4.69, 9.17) is 4.74 Å². The lowest BCUT2D eigenvalue weighted by Gasteiger charge is -2.08. The molecule has 0 bridgehead atoms. The molecule has 0 unspecified atom stereocenters. The number of carbonyl (C=O) groups is 2. The average molecular weight is 351 g/mol. The van der Waals surface area contributed by atoms with Gasteiger partial charge in [0.1, 0.15) is 5.75 Å². The van der Waals surface area contributed by atoms with E-state index in [2.05, 4.69) is 16.0 Å². The Kier molecular flexibility index (Phi) is 5.53. The van der Waals surface area contributed by atoms with Gasteiger partial charge in [0.05, 0.1) is 7.11 Å². The van der Waals surface area contributed by atoms with Crippen molar-refractivity contribution < 1.29 is 14.3 Å². The number of carbonyl (C=O) groups excluding carboxylic acids is 2. The second-order valence-corrected chi connectivity index (χ2v) is 6.01. The first-order valence-corrected chi connectivity index (χ1v) is 8.44. The predicted octanol–water partition coefficient (Wildman–Crippen LogP) is 3.63. The highest BCUT2D eigenvalue weighted by Crippen LogP contribution is 2.20. The van der Waals surface area contributed by atoms with Crippen LogP contribution in [-0.2, 0) is 4.79 Å². The summed E-state index contributed by atoms with van der Waals surface area (Å²) in [6.07, 6.45) is 5.24. The number of anilines is 2. The molecule has 2 aromatic rings. The summed E-state index contributed by atoms with van der Waals surface area (Å²) in [6.45, 7) is 0. The number of methoxy groups -OCH3 is 1. The van der Waals surface area contributed by atoms with Crippen LogP contribution in [0.1, 0.15) is 18.4 Å². The Balaban J connectivity index is 1.53. The molecule has 26 heavy (non-hydrogen) atoms. The number of para-hydroxylation sites is 1. The number of hydrogen-bond acceptors (Lipinski definition) is 3. The summed E-state index contributed by atoms with van der Waals surface area (Å²) in [6, 6.07) is 14.5. The van der Waals surface area contributed by atoms with Gasteiger partial charge >= 0.3 is 6.03 Å². The van der Waals surface area contributed by atoms with Crippen molar-refractivity contribution in [3.63, 3.8) is 0 Å². The molecule has 0 aliphatic heterocycles. The summed E-state index contributed by atoms with van der Waals surface area (Å²) in [4.78, 5) is 23.7. The maximum Gasteiger partial charge on any atom is 0.319 e. The van der Waals surface area contributed by atoms with Crippen molar-refractivity contribution >= 4 is 29.4 Å². The zero-order valence-electron chi connectivity index (χ0n) is 14.5. The lowest BCUT2D eigenvalue weighted by Crippen LogP contribution is -2.30. The fraction of sp³-hybridized carbons (Fsp3) is 0.200. The van der Waals surface area contributed by atoms with Crippen LogP contribution in [0.5, 0.6) is 5.75 Å². The third-order valence-electron chi connectivity index (χ3n) is 3.88. The number of hydrogen-bond donors (Lipinski definition) is 3. The minimum absolute atomic E-state index is 0.205. The molecule has 0 aromatic heterocycles. The zero-order chi connectivity index (χ0) is 18.4. The summed E-state index contributed by atoms with van der Waals surface area (Å²) in [5.74, 6) is 0.458. The molecule has 1 saturated carbocycles. The first kappa shape index (κ1) is 17.5. The van der Waals surface area contributed by atoms with E-state index in [-0.39, 0.29) is 11.9 Å². The molecule has 134 valence electrons. The minimum atomic E-state index is -0.247. The number of ether oxygens (including phenoxy) is 1. The standard InChI is InChI=1S/C20H21N3O3/c1-26-18-5-3-2-4-14(18)6-13-19(24)21-15-7-9-16(10-8-15)22-20(25)23-17-11-12-17/h2-10,13,17H,11-12H2,1H3,(H,21,24)(H2,22,23,25)/b13-6+. The van der Waals surface area contributed by atoms with Crippen LogP contribution in [0.2, 0.25) is 0 Å². The molecule has 1 aliphatic carbocycles. The fourth-order valence-electron chi connectivity index (χ4n) is 2.37. The second kappa shape index (κ2) is 8.20. The smallest absolute Gasteiger partial charge is 0.319 e. The number of amides is 3. The van der Waals surface area contributed by atoms with Crippen LogP contribution in [0.4, 0.5) is 16.2 Å². The zero-order valence-corrected chi connectivity index (χ0v) is 14.5. The highest BCUT2D eigenvalue weighted by Gasteiger charge is 2.23. The molecule has 6 nitrogen and oxygen atoms in total. The van der Waals surface area contributed by atoms with Gasteiger partial charge in [-0.2, -0.15) is 0 Å². The van der Waals surface area contributed by atoms with Crippen LogP contribution in [0, 0.1) is 0 Å². The van der Waals surface area contributed by atoms with Gasteiger partial charge < -0.3 is 20.7 Å². The van der Waals surface area contributed by atoms with Gasteiger partial charge in [-0.3, -0.25) is 4.79 Å². The number of nitrogens with one attached hydrogen (secondary N) is 3. The molecule has 3 amide bonds. The molecule has 0 heterocycles. The van der Waals surface area contributed by atoms with Crippen molar-refractivity contribution in [2.24, 2.45) is 0 Å². The lowest BCUT2D eigenvalue weighted by molar-refractivity contribution is -0.111. The van der Waals surface area contributed by atoms with Gasteiger partial charge in [-0.05, 0) is 49.2 Å². The molecule has 6 heteroatoms. The molecular formula is C20H21N3O3. The summed E-state index contributed by atoms with van der Waals surface area (Å²) < 4.78 is 5.25. The summed E-state index contributed by atoms with van der Waals surface area (Å²) in [5.41, 5.74) is 2.14. The van der Waals surface area contributed by atoms with Gasteiger partial charge in [-0.15, -0.1) is 0 Å². The fourth-order valence-corrected chi connectivity index (χ4v) is 2.37. The highest BCUT2D eigenvalue weighted by atomic mass is 16.5. The van der Waals surface area contributed by atoms with E-state index in [1.54, 1.807) is 37.5 Å². The van der Waals surface area contributed by atoms with Crippen molar-refractivity contribution in [2.45, 2.75) is 18.9 Å². The van der Waals surface area contributed by atoms with Crippen LogP contribution in [0.15, 0.2) is 54.6 Å². The molecule has 0 atom stereocenters. The monoisotopic (exact) mass is 351 g/mol. The van der Waals surface area contributed by atoms with E-state index in [0.29, 0.717) is 23.2 Å². The molecule has 0 radical (unpaired) electrons. The number of rotatable bonds is 6. The van der Waals surface area contributed by atoms with E-state index in [0.717, 1.165) is 18.4 Å². The van der Waals surface area contributed by atoms with E-state index in [1.807, 2.05) is 24.3 Å². The molecule has 3 N–H and O–H groups in total. The molecule has 2 aromatic carbocycles. The largest absolute Gasteiger partial charge is 0.496 e. The van der Waals surface area contributed by atoms with Crippen LogP contribution in [0.25, 0.3) is 6.08 Å². The summed E-state index contributed by atoms with van der Waals surface area (Å²) in [5, 5.41) is 8.39. The molecule has 1 aliphatic rings. The minimum Gasteiger partial charge on any atom is -0.496 e. The Labute approximate surface area is 152 Å². The number of benzene rings is 2. The Bertz CT molecular complexity index is 811. The highest BCUT2D eigenvalue weighted by molar-refractivity contribution is 6.02. The molecule has 1 fully saturated rings. The van der Waals surface area contributed by atoms with Crippen molar-refractivity contribution in [3.8, 4) is 5.75 Å². The average Bonchev–Trinajstić information content (AvgIpc) is 3.45. The Hall–Kier alpha value is -3.28. The summed E-state index contributed by atoms with van der Waals surface area (Å²) in [7, 11) is 1.59. The van der Waals surface area contributed by atoms with Gasteiger partial charge in [0, 0.05) is 29.1 Å². The van der Waals surface area contributed by atoms with E-state index < -0.39 is 0 Å². The first-order valence-electron chi connectivity index (χ1n) is 8.44. The molecular weight excluding hydrogens is 330 g/mol. The normalized spacial score (nSPS) is 13.3. The summed E-state index contributed by atoms with van der Waals surface area (Å²) >= 11 is 0. The molecule has 3 rings (SSSR count). The van der Waals surface area contributed by atoms with Crippen LogP contribution in [0.3, 0.4) is 0 Å². The van der Waals surface area contributed by atoms with Crippen molar-refractivity contribution in [2.75, 3.05) is 17.7 Å². The molecule has 0 spiro atoms. The van der Waals surface area contributed by atoms with Crippen molar-refractivity contribution in [1.82, 2.24) is 5.32 Å². The van der Waals surface area contributed by atoms with Gasteiger partial charge in [0.2, 0.25) is 5.91 Å². The van der Waals surface area contributed by atoms with E-state index in [9.17, 15) is 9.59 Å². The SMILES string of the molecule is COc1ccccc1/C=C/C(=O)Nc1ccc(NC(=O)NC2CC2)cc1. The second-order valence-electron chi connectivity index (χ2n) is 6.01. The van der Waals surface area contributed by atoms with Crippen molar-refractivity contribution in [1.29, 1.82) is 0 Å². The van der Waals surface area contributed by atoms with Crippen LogP contribution >= 0.6 is 0 Å². The van der Waals surface area contributed by atoms with Crippen LogP contribution < -0.4 is 20.7 Å². The maximum absolute atomic E-state index is 12.1. The van der Waals surface area contributed by atoms with E-state index in [1.165, 1.54) is 6.08 Å². The van der Waals surface area contributed by atoms with Crippen molar-refractivity contribution in [3.05, 3.63) is 60.2 Å². The van der Waals surface area contributed by atoms with Gasteiger partial charge in [0.15, 0.2) is 0 Å². The van der Waals surface area contributed by atoms with E-state index >= 15 is 0 Å². The molecule has 0 saturated heterocycles. The third-order valence-corrected chi connectivity index (χ3v) is 3.88. The Morgan fingerprint density at radius 1 is 1.00 bits per heavy atom. The van der Waals surface area contributed by atoms with Gasteiger partial charge in [-0.25, -0.2) is 4.79 Å². The van der Waals surface area contributed by atoms with Gasteiger partial charge in [0.25, 0.3) is 0 Å². The Morgan fingerprint density at radius 3 is 2.31 bits per heavy atom. The van der Waals surface area contributed by atoms with Gasteiger partial charge in [-0.1, -0.05) is 18.2 Å². The van der Waals surface area contributed by atoms with Crippen LogP contribution in [-0.4, -0.2) is 25.1 Å². The first-order chi connectivity index (χ1) is 12.6. The Morgan fingerprint density at radius 2 is 1.65 bits per heavy atom.